The van der Waals surface area contributed by atoms with Gasteiger partial charge in [-0.2, -0.15) is 4.98 Å². The standard InChI is InChI=1S/C22H23N5S/c1-26(2)22-24-18-16-11-12-17(15-9-5-3-6-10-15)23-21(16)28-19(18)20(25-22)27-13-7-4-8-14-27/h3,5-6,9-12H,4,7-8,13-14H2,1-2H3. The highest BCUT2D eigenvalue weighted by Gasteiger charge is 2.21. The van der Waals surface area contributed by atoms with Crippen molar-refractivity contribution in [3.63, 3.8) is 0 Å². The molecule has 0 unspecified atom stereocenters. The van der Waals surface area contributed by atoms with Crippen molar-refractivity contribution >= 4 is 43.5 Å². The predicted molar refractivity (Wildman–Crippen MR) is 119 cm³/mol. The molecule has 0 spiro atoms. The summed E-state index contributed by atoms with van der Waals surface area (Å²) in [4.78, 5) is 20.2. The number of thiophene rings is 1. The first-order valence-electron chi connectivity index (χ1n) is 9.80. The number of rotatable bonds is 3. The first-order valence-corrected chi connectivity index (χ1v) is 10.6. The fraction of sp³-hybridized carbons (Fsp3) is 0.318. The van der Waals surface area contributed by atoms with Crippen LogP contribution in [0.25, 0.3) is 31.7 Å². The summed E-state index contributed by atoms with van der Waals surface area (Å²) in [6, 6.07) is 14.6. The van der Waals surface area contributed by atoms with Gasteiger partial charge in [0.15, 0.2) is 5.82 Å². The molecule has 1 aliphatic heterocycles. The number of hydrogen-bond acceptors (Lipinski definition) is 6. The summed E-state index contributed by atoms with van der Waals surface area (Å²) in [5, 5.41) is 1.11. The third kappa shape index (κ3) is 2.98. The molecule has 0 bridgehead atoms. The number of aromatic nitrogens is 3. The Kier molecular flexibility index (Phi) is 4.36. The lowest BCUT2D eigenvalue weighted by Gasteiger charge is -2.28. The Hall–Kier alpha value is -2.73. The predicted octanol–water partition coefficient (Wildman–Crippen LogP) is 4.96. The van der Waals surface area contributed by atoms with Gasteiger partial charge < -0.3 is 9.80 Å². The van der Waals surface area contributed by atoms with Crippen LogP contribution in [-0.2, 0) is 0 Å². The molecule has 5 rings (SSSR count). The van der Waals surface area contributed by atoms with E-state index >= 15 is 0 Å². The van der Waals surface area contributed by atoms with Crippen molar-refractivity contribution in [2.24, 2.45) is 0 Å². The SMILES string of the molecule is CN(C)c1nc(N2CCCCC2)c2sc3nc(-c4ccccc4)ccc3c2n1. The van der Waals surface area contributed by atoms with Gasteiger partial charge in [0.1, 0.15) is 4.83 Å². The minimum atomic E-state index is 0.764. The third-order valence-corrected chi connectivity index (χ3v) is 6.36. The molecule has 4 heterocycles. The van der Waals surface area contributed by atoms with Crippen molar-refractivity contribution < 1.29 is 0 Å². The molecule has 0 radical (unpaired) electrons. The lowest BCUT2D eigenvalue weighted by molar-refractivity contribution is 0.575. The lowest BCUT2D eigenvalue weighted by atomic mass is 10.1. The maximum Gasteiger partial charge on any atom is 0.227 e. The van der Waals surface area contributed by atoms with E-state index in [9.17, 15) is 0 Å². The molecule has 0 saturated carbocycles. The van der Waals surface area contributed by atoms with E-state index in [1.54, 1.807) is 11.3 Å². The fourth-order valence-corrected chi connectivity index (χ4v) is 4.92. The topological polar surface area (TPSA) is 45.2 Å². The van der Waals surface area contributed by atoms with Crippen molar-refractivity contribution in [2.45, 2.75) is 19.3 Å². The zero-order chi connectivity index (χ0) is 19.1. The van der Waals surface area contributed by atoms with Crippen LogP contribution >= 0.6 is 11.3 Å². The van der Waals surface area contributed by atoms with Gasteiger partial charge >= 0.3 is 0 Å². The number of benzene rings is 1. The van der Waals surface area contributed by atoms with Crippen molar-refractivity contribution in [2.75, 3.05) is 37.0 Å². The van der Waals surface area contributed by atoms with Crippen LogP contribution < -0.4 is 9.80 Å². The normalized spacial score (nSPS) is 14.7. The molecule has 1 fully saturated rings. The van der Waals surface area contributed by atoms with Crippen molar-refractivity contribution in [3.05, 3.63) is 42.5 Å². The second-order valence-electron chi connectivity index (χ2n) is 7.48. The number of nitrogens with zero attached hydrogens (tertiary/aromatic N) is 5. The van der Waals surface area contributed by atoms with Crippen LogP contribution in [0.15, 0.2) is 42.5 Å². The van der Waals surface area contributed by atoms with E-state index in [2.05, 4.69) is 41.3 Å². The van der Waals surface area contributed by atoms with Gasteiger partial charge in [0.25, 0.3) is 0 Å². The van der Waals surface area contributed by atoms with Gasteiger partial charge in [-0.15, -0.1) is 11.3 Å². The minimum absolute atomic E-state index is 0.764. The lowest BCUT2D eigenvalue weighted by Crippen LogP contribution is -2.30. The summed E-state index contributed by atoms with van der Waals surface area (Å²) in [5.74, 6) is 1.83. The second-order valence-corrected chi connectivity index (χ2v) is 8.48. The van der Waals surface area contributed by atoms with Gasteiger partial charge in [-0.05, 0) is 31.4 Å². The van der Waals surface area contributed by atoms with Gasteiger partial charge in [-0.3, -0.25) is 0 Å². The number of piperidine rings is 1. The Balaban J connectivity index is 1.72. The number of fused-ring (bicyclic) bond motifs is 3. The maximum absolute atomic E-state index is 4.96. The summed E-state index contributed by atoms with van der Waals surface area (Å²) in [6.07, 6.45) is 3.76. The number of pyridine rings is 1. The summed E-state index contributed by atoms with van der Waals surface area (Å²) in [5.41, 5.74) is 3.16. The molecule has 0 N–H and O–H groups in total. The minimum Gasteiger partial charge on any atom is -0.355 e. The zero-order valence-electron chi connectivity index (χ0n) is 16.2. The third-order valence-electron chi connectivity index (χ3n) is 5.28. The van der Waals surface area contributed by atoms with Crippen molar-refractivity contribution in [1.29, 1.82) is 0 Å². The van der Waals surface area contributed by atoms with E-state index in [1.807, 2.05) is 25.1 Å². The Labute approximate surface area is 168 Å². The van der Waals surface area contributed by atoms with Gasteiger partial charge in [0, 0.05) is 38.1 Å². The molecule has 1 saturated heterocycles. The van der Waals surface area contributed by atoms with Crippen LogP contribution in [0, 0.1) is 0 Å². The van der Waals surface area contributed by atoms with Gasteiger partial charge in [-0.1, -0.05) is 30.3 Å². The van der Waals surface area contributed by atoms with Crippen LogP contribution in [0.1, 0.15) is 19.3 Å². The Morgan fingerprint density at radius 1 is 0.893 bits per heavy atom. The van der Waals surface area contributed by atoms with E-state index in [4.69, 9.17) is 15.0 Å². The van der Waals surface area contributed by atoms with Crippen LogP contribution in [0.5, 0.6) is 0 Å². The van der Waals surface area contributed by atoms with E-state index in [1.165, 1.54) is 19.3 Å². The van der Waals surface area contributed by atoms with Crippen LogP contribution in [0.4, 0.5) is 11.8 Å². The van der Waals surface area contributed by atoms with Crippen LogP contribution in [0.2, 0.25) is 0 Å². The molecule has 142 valence electrons. The molecule has 1 aromatic carbocycles. The number of anilines is 2. The molecule has 6 heteroatoms. The largest absolute Gasteiger partial charge is 0.355 e. The Morgan fingerprint density at radius 2 is 1.68 bits per heavy atom. The van der Waals surface area contributed by atoms with E-state index in [0.717, 1.165) is 56.5 Å². The summed E-state index contributed by atoms with van der Waals surface area (Å²) >= 11 is 1.71. The van der Waals surface area contributed by atoms with Crippen LogP contribution in [-0.4, -0.2) is 42.1 Å². The summed E-state index contributed by atoms with van der Waals surface area (Å²) < 4.78 is 1.15. The Morgan fingerprint density at radius 3 is 2.43 bits per heavy atom. The average molecular weight is 390 g/mol. The van der Waals surface area contributed by atoms with E-state index < -0.39 is 0 Å². The molecule has 28 heavy (non-hydrogen) atoms. The molecule has 0 aliphatic carbocycles. The molecular weight excluding hydrogens is 366 g/mol. The van der Waals surface area contributed by atoms with Gasteiger partial charge in [0.05, 0.1) is 15.9 Å². The highest BCUT2D eigenvalue weighted by atomic mass is 32.1. The molecule has 0 atom stereocenters. The Bertz CT molecular complexity index is 1130. The van der Waals surface area contributed by atoms with Gasteiger partial charge in [0.2, 0.25) is 5.95 Å². The molecule has 4 aromatic rings. The average Bonchev–Trinajstić information content (AvgIpc) is 3.12. The monoisotopic (exact) mass is 389 g/mol. The molecule has 0 amide bonds. The summed E-state index contributed by atoms with van der Waals surface area (Å²) in [6.45, 7) is 2.13. The van der Waals surface area contributed by atoms with Crippen LogP contribution in [0.3, 0.4) is 0 Å². The summed E-state index contributed by atoms with van der Waals surface area (Å²) in [7, 11) is 4.00. The van der Waals surface area contributed by atoms with E-state index in [-0.39, 0.29) is 0 Å². The van der Waals surface area contributed by atoms with E-state index in [0.29, 0.717) is 0 Å². The fourth-order valence-electron chi connectivity index (χ4n) is 3.79. The zero-order valence-corrected chi connectivity index (χ0v) is 17.0. The molecule has 1 aliphatic rings. The maximum atomic E-state index is 4.96. The van der Waals surface area contributed by atoms with Crippen molar-refractivity contribution in [1.82, 2.24) is 15.0 Å². The molecule has 3 aromatic heterocycles. The highest BCUT2D eigenvalue weighted by Crippen LogP contribution is 2.39. The highest BCUT2D eigenvalue weighted by molar-refractivity contribution is 7.26. The van der Waals surface area contributed by atoms with Gasteiger partial charge in [-0.25, -0.2) is 9.97 Å². The smallest absolute Gasteiger partial charge is 0.227 e. The number of hydrogen-bond donors (Lipinski definition) is 0. The quantitative estimate of drug-likeness (QED) is 0.495. The molecule has 5 nitrogen and oxygen atoms in total. The molecular formula is C22H23N5S. The van der Waals surface area contributed by atoms with Crippen molar-refractivity contribution in [3.8, 4) is 11.3 Å². The first kappa shape index (κ1) is 17.4. The first-order chi connectivity index (χ1) is 13.7. The second kappa shape index (κ2) is 7.02.